The SMILES string of the molecule is C[C@H](Nc1ncnc2cc(C(=O)N3CCCC[C@H]3CCCN(C)C)c(Cl)cc12)c1nc2cc(Cl)ccc2[nH]1. The normalized spacial score (nSPS) is 16.9. The molecule has 1 aliphatic rings. The first-order chi connectivity index (χ1) is 18.3. The molecule has 0 radical (unpaired) electrons. The Labute approximate surface area is 232 Å². The number of likely N-dealkylation sites (tertiary alicyclic amines) is 1. The van der Waals surface area contributed by atoms with Gasteiger partial charge in [-0.3, -0.25) is 4.79 Å². The van der Waals surface area contributed by atoms with Crippen molar-refractivity contribution in [3.63, 3.8) is 0 Å². The highest BCUT2D eigenvalue weighted by Gasteiger charge is 2.29. The number of nitrogens with one attached hydrogen (secondary N) is 2. The summed E-state index contributed by atoms with van der Waals surface area (Å²) in [5.74, 6) is 1.37. The Kier molecular flexibility index (Phi) is 8.02. The van der Waals surface area contributed by atoms with Crippen molar-refractivity contribution in [3.05, 3.63) is 58.1 Å². The summed E-state index contributed by atoms with van der Waals surface area (Å²) in [7, 11) is 4.16. The molecule has 0 bridgehead atoms. The van der Waals surface area contributed by atoms with Crippen LogP contribution in [0.25, 0.3) is 21.9 Å². The number of rotatable bonds is 8. The van der Waals surface area contributed by atoms with E-state index in [-0.39, 0.29) is 18.0 Å². The van der Waals surface area contributed by atoms with E-state index in [0.717, 1.165) is 67.4 Å². The maximum Gasteiger partial charge on any atom is 0.255 e. The number of hydrogen-bond donors (Lipinski definition) is 2. The molecule has 0 unspecified atom stereocenters. The van der Waals surface area contributed by atoms with Crippen molar-refractivity contribution in [2.75, 3.05) is 32.5 Å². The number of hydrogen-bond acceptors (Lipinski definition) is 6. The van der Waals surface area contributed by atoms with Crippen molar-refractivity contribution < 1.29 is 4.79 Å². The van der Waals surface area contributed by atoms with E-state index in [9.17, 15) is 4.79 Å². The molecule has 2 aromatic heterocycles. The topological polar surface area (TPSA) is 90.0 Å². The van der Waals surface area contributed by atoms with Crippen molar-refractivity contribution in [2.45, 2.75) is 51.1 Å². The minimum Gasteiger partial charge on any atom is -0.360 e. The number of carbonyl (C=O) groups excluding carboxylic acids is 1. The summed E-state index contributed by atoms with van der Waals surface area (Å²) in [6.45, 7) is 3.78. The zero-order valence-corrected chi connectivity index (χ0v) is 23.5. The number of H-pyrrole nitrogens is 1. The smallest absolute Gasteiger partial charge is 0.255 e. The van der Waals surface area contributed by atoms with Crippen LogP contribution < -0.4 is 5.32 Å². The molecule has 0 aliphatic carbocycles. The van der Waals surface area contributed by atoms with E-state index in [1.54, 1.807) is 12.1 Å². The fourth-order valence-corrected chi connectivity index (χ4v) is 5.61. The van der Waals surface area contributed by atoms with Crippen LogP contribution in [0.5, 0.6) is 0 Å². The van der Waals surface area contributed by atoms with Crippen molar-refractivity contribution in [2.24, 2.45) is 0 Å². The van der Waals surface area contributed by atoms with Gasteiger partial charge in [-0.2, -0.15) is 0 Å². The predicted octanol–water partition coefficient (Wildman–Crippen LogP) is 6.32. The average Bonchev–Trinajstić information content (AvgIpc) is 3.32. The van der Waals surface area contributed by atoms with E-state index < -0.39 is 0 Å². The lowest BCUT2D eigenvalue weighted by molar-refractivity contribution is 0.0596. The zero-order chi connectivity index (χ0) is 26.8. The third-order valence-corrected chi connectivity index (χ3v) is 7.76. The maximum atomic E-state index is 13.7. The van der Waals surface area contributed by atoms with E-state index in [2.05, 4.69) is 44.2 Å². The highest BCUT2D eigenvalue weighted by atomic mass is 35.5. The van der Waals surface area contributed by atoms with Crippen LogP contribution in [0.4, 0.5) is 5.82 Å². The number of amides is 1. The third kappa shape index (κ3) is 5.72. The van der Waals surface area contributed by atoms with E-state index in [1.807, 2.05) is 30.0 Å². The Morgan fingerprint density at radius 1 is 1.18 bits per heavy atom. The summed E-state index contributed by atoms with van der Waals surface area (Å²) in [5, 5.41) is 5.22. The van der Waals surface area contributed by atoms with Crippen LogP contribution in [0, 0.1) is 0 Å². The molecule has 2 atom stereocenters. The average molecular weight is 555 g/mol. The Morgan fingerprint density at radius 3 is 2.84 bits per heavy atom. The van der Waals surface area contributed by atoms with Crippen LogP contribution in [-0.2, 0) is 0 Å². The second kappa shape index (κ2) is 11.4. The van der Waals surface area contributed by atoms with Gasteiger partial charge in [0, 0.05) is 23.0 Å². The maximum absolute atomic E-state index is 13.7. The Bertz CT molecular complexity index is 1450. The largest absolute Gasteiger partial charge is 0.360 e. The molecular formula is C28H33Cl2N7O. The molecule has 1 amide bonds. The predicted molar refractivity (Wildman–Crippen MR) is 154 cm³/mol. The van der Waals surface area contributed by atoms with Crippen molar-refractivity contribution in [1.82, 2.24) is 29.7 Å². The number of benzene rings is 2. The number of halogens is 2. The summed E-state index contributed by atoms with van der Waals surface area (Å²) in [6, 6.07) is 9.24. The Balaban J connectivity index is 1.38. The van der Waals surface area contributed by atoms with Gasteiger partial charge < -0.3 is 20.1 Å². The number of carbonyl (C=O) groups is 1. The quantitative estimate of drug-likeness (QED) is 0.265. The van der Waals surface area contributed by atoms with Gasteiger partial charge in [0.1, 0.15) is 18.0 Å². The molecule has 5 rings (SSSR count). The van der Waals surface area contributed by atoms with Gasteiger partial charge in [0.2, 0.25) is 0 Å². The van der Waals surface area contributed by atoms with Gasteiger partial charge >= 0.3 is 0 Å². The van der Waals surface area contributed by atoms with Gasteiger partial charge in [0.25, 0.3) is 5.91 Å². The third-order valence-electron chi connectivity index (χ3n) is 7.21. The van der Waals surface area contributed by atoms with Crippen LogP contribution in [0.2, 0.25) is 10.0 Å². The van der Waals surface area contributed by atoms with Gasteiger partial charge in [0.05, 0.1) is 33.2 Å². The monoisotopic (exact) mass is 553 g/mol. The first-order valence-electron chi connectivity index (χ1n) is 13.1. The Hall–Kier alpha value is -2.94. The van der Waals surface area contributed by atoms with Crippen LogP contribution in [0.3, 0.4) is 0 Å². The number of aromatic amines is 1. The molecule has 200 valence electrons. The summed E-state index contributed by atoms with van der Waals surface area (Å²) >= 11 is 12.9. The second-order valence-corrected chi connectivity index (χ2v) is 11.2. The fraction of sp³-hybridized carbons (Fsp3) is 0.429. The second-order valence-electron chi connectivity index (χ2n) is 10.3. The highest BCUT2D eigenvalue weighted by Crippen LogP contribution is 2.32. The number of imidazole rings is 1. The lowest BCUT2D eigenvalue weighted by Gasteiger charge is -2.36. The molecule has 1 fully saturated rings. The number of nitrogens with zero attached hydrogens (tertiary/aromatic N) is 5. The van der Waals surface area contributed by atoms with E-state index >= 15 is 0 Å². The minimum absolute atomic E-state index is 0.0196. The lowest BCUT2D eigenvalue weighted by atomic mass is 9.96. The molecule has 0 saturated carbocycles. The summed E-state index contributed by atoms with van der Waals surface area (Å²) < 4.78 is 0. The summed E-state index contributed by atoms with van der Waals surface area (Å²) in [5.41, 5.74) is 2.87. The fourth-order valence-electron chi connectivity index (χ4n) is 5.20. The number of aromatic nitrogens is 4. The van der Waals surface area contributed by atoms with Crippen LogP contribution in [0.1, 0.15) is 61.3 Å². The standard InChI is InChI=1S/C28H33Cl2N7O/c1-17(26-34-23-10-9-18(29)13-25(23)35-26)33-27-21-14-22(30)20(15-24(21)31-16-32-27)28(38)37-12-5-4-7-19(37)8-6-11-36(2)3/h9-10,13-17,19H,4-8,11-12H2,1-3H3,(H,34,35)(H,31,32,33)/t17-,19-/m0/s1. The lowest BCUT2D eigenvalue weighted by Crippen LogP contribution is -2.44. The summed E-state index contributed by atoms with van der Waals surface area (Å²) in [6.07, 6.45) is 6.77. The molecule has 1 saturated heterocycles. The van der Waals surface area contributed by atoms with Crippen LogP contribution >= 0.6 is 23.2 Å². The number of fused-ring (bicyclic) bond motifs is 2. The van der Waals surface area contributed by atoms with Crippen molar-refractivity contribution in [1.29, 1.82) is 0 Å². The van der Waals surface area contributed by atoms with E-state index in [1.165, 1.54) is 6.33 Å². The minimum atomic E-state index is -0.171. The van der Waals surface area contributed by atoms with Crippen LogP contribution in [-0.4, -0.2) is 68.9 Å². The molecule has 8 nitrogen and oxygen atoms in total. The molecule has 38 heavy (non-hydrogen) atoms. The van der Waals surface area contributed by atoms with Gasteiger partial charge in [-0.15, -0.1) is 0 Å². The van der Waals surface area contributed by atoms with Gasteiger partial charge in [0.15, 0.2) is 0 Å². The molecule has 0 spiro atoms. The van der Waals surface area contributed by atoms with E-state index in [4.69, 9.17) is 23.2 Å². The Morgan fingerprint density at radius 2 is 2.03 bits per heavy atom. The molecule has 2 aromatic carbocycles. The van der Waals surface area contributed by atoms with Crippen LogP contribution in [0.15, 0.2) is 36.7 Å². The molecule has 1 aliphatic heterocycles. The molecule has 4 aromatic rings. The van der Waals surface area contributed by atoms with Crippen molar-refractivity contribution in [3.8, 4) is 0 Å². The highest BCUT2D eigenvalue weighted by molar-refractivity contribution is 6.35. The van der Waals surface area contributed by atoms with E-state index in [0.29, 0.717) is 26.9 Å². The van der Waals surface area contributed by atoms with Crippen molar-refractivity contribution >= 4 is 56.9 Å². The summed E-state index contributed by atoms with van der Waals surface area (Å²) in [4.78, 5) is 34.8. The van der Waals surface area contributed by atoms with Gasteiger partial charge in [-0.25, -0.2) is 15.0 Å². The van der Waals surface area contributed by atoms with Gasteiger partial charge in [-0.05, 0) is 90.0 Å². The molecule has 10 heteroatoms. The first-order valence-corrected chi connectivity index (χ1v) is 13.9. The number of anilines is 1. The number of piperidine rings is 1. The van der Waals surface area contributed by atoms with Gasteiger partial charge in [-0.1, -0.05) is 23.2 Å². The zero-order valence-electron chi connectivity index (χ0n) is 22.0. The molecule has 3 heterocycles. The first kappa shape index (κ1) is 26.7. The molecular weight excluding hydrogens is 521 g/mol. The molecule has 2 N–H and O–H groups in total.